The standard InChI is InChI=1S/C15H21N3O2/c1-5-18-10-12(11(2)17-18)9-16-14-7-6-13(19-3)8-15(14)20-4/h6-8,10,16H,5,9H2,1-4H3. The van der Waals surface area contributed by atoms with Gasteiger partial charge in [0, 0.05) is 30.9 Å². The molecule has 5 nitrogen and oxygen atoms in total. The lowest BCUT2D eigenvalue weighted by molar-refractivity contribution is 0.395. The van der Waals surface area contributed by atoms with Crippen LogP contribution in [-0.2, 0) is 13.1 Å². The van der Waals surface area contributed by atoms with Crippen molar-refractivity contribution in [2.75, 3.05) is 19.5 Å². The molecule has 0 radical (unpaired) electrons. The molecule has 1 heterocycles. The third kappa shape index (κ3) is 3.04. The number of anilines is 1. The zero-order valence-corrected chi connectivity index (χ0v) is 12.4. The van der Waals surface area contributed by atoms with E-state index in [1.54, 1.807) is 14.2 Å². The molecule has 0 aliphatic carbocycles. The summed E-state index contributed by atoms with van der Waals surface area (Å²) < 4.78 is 12.5. The lowest BCUT2D eigenvalue weighted by Gasteiger charge is -2.12. The molecule has 0 fully saturated rings. The van der Waals surface area contributed by atoms with Crippen molar-refractivity contribution < 1.29 is 9.47 Å². The molecule has 1 aromatic carbocycles. The smallest absolute Gasteiger partial charge is 0.145 e. The van der Waals surface area contributed by atoms with E-state index in [9.17, 15) is 0 Å². The Balaban J connectivity index is 2.11. The molecule has 20 heavy (non-hydrogen) atoms. The molecule has 0 amide bonds. The summed E-state index contributed by atoms with van der Waals surface area (Å²) in [5.74, 6) is 1.55. The van der Waals surface area contributed by atoms with Gasteiger partial charge >= 0.3 is 0 Å². The van der Waals surface area contributed by atoms with E-state index >= 15 is 0 Å². The first-order valence-electron chi connectivity index (χ1n) is 6.66. The van der Waals surface area contributed by atoms with E-state index in [2.05, 4.69) is 23.5 Å². The van der Waals surface area contributed by atoms with Crippen molar-refractivity contribution in [3.63, 3.8) is 0 Å². The third-order valence-corrected chi connectivity index (χ3v) is 3.25. The molecule has 0 bridgehead atoms. The predicted molar refractivity (Wildman–Crippen MR) is 79.5 cm³/mol. The summed E-state index contributed by atoms with van der Waals surface area (Å²) in [5.41, 5.74) is 3.17. The fourth-order valence-electron chi connectivity index (χ4n) is 2.03. The SMILES string of the molecule is CCn1cc(CNc2ccc(OC)cc2OC)c(C)n1. The molecule has 0 aliphatic rings. The largest absolute Gasteiger partial charge is 0.497 e. The molecule has 5 heteroatoms. The number of methoxy groups -OCH3 is 2. The van der Waals surface area contributed by atoms with E-state index in [1.807, 2.05) is 29.8 Å². The highest BCUT2D eigenvalue weighted by Crippen LogP contribution is 2.29. The Morgan fingerprint density at radius 3 is 2.65 bits per heavy atom. The highest BCUT2D eigenvalue weighted by molar-refractivity contribution is 5.59. The molecular weight excluding hydrogens is 254 g/mol. The first-order chi connectivity index (χ1) is 9.67. The first-order valence-corrected chi connectivity index (χ1v) is 6.66. The molecule has 0 atom stereocenters. The Labute approximate surface area is 119 Å². The number of ether oxygens (including phenoxy) is 2. The fraction of sp³-hybridized carbons (Fsp3) is 0.400. The summed E-state index contributed by atoms with van der Waals surface area (Å²) in [6, 6.07) is 5.73. The van der Waals surface area contributed by atoms with E-state index < -0.39 is 0 Å². The quantitative estimate of drug-likeness (QED) is 0.880. The maximum absolute atomic E-state index is 5.37. The summed E-state index contributed by atoms with van der Waals surface area (Å²) in [6.45, 7) is 5.70. The second kappa shape index (κ2) is 6.32. The second-order valence-electron chi connectivity index (χ2n) is 4.52. The first kappa shape index (κ1) is 14.2. The van der Waals surface area contributed by atoms with Gasteiger partial charge in [-0.05, 0) is 26.0 Å². The van der Waals surface area contributed by atoms with Crippen LogP contribution in [0, 0.1) is 6.92 Å². The number of hydrogen-bond donors (Lipinski definition) is 1. The summed E-state index contributed by atoms with van der Waals surface area (Å²) in [7, 11) is 3.30. The van der Waals surface area contributed by atoms with Crippen molar-refractivity contribution in [3.05, 3.63) is 35.7 Å². The average Bonchev–Trinajstić information content (AvgIpc) is 2.85. The van der Waals surface area contributed by atoms with Gasteiger partial charge in [-0.15, -0.1) is 0 Å². The highest BCUT2D eigenvalue weighted by Gasteiger charge is 2.07. The second-order valence-corrected chi connectivity index (χ2v) is 4.52. The van der Waals surface area contributed by atoms with Crippen LogP contribution in [0.25, 0.3) is 0 Å². The minimum Gasteiger partial charge on any atom is -0.497 e. The molecule has 2 rings (SSSR count). The van der Waals surface area contributed by atoms with E-state index in [-0.39, 0.29) is 0 Å². The number of benzene rings is 1. The number of hydrogen-bond acceptors (Lipinski definition) is 4. The van der Waals surface area contributed by atoms with Gasteiger partial charge in [0.05, 0.1) is 25.6 Å². The average molecular weight is 275 g/mol. The third-order valence-electron chi connectivity index (χ3n) is 3.25. The van der Waals surface area contributed by atoms with Crippen molar-refractivity contribution in [1.29, 1.82) is 0 Å². The van der Waals surface area contributed by atoms with Crippen molar-refractivity contribution in [1.82, 2.24) is 9.78 Å². The van der Waals surface area contributed by atoms with E-state index in [0.29, 0.717) is 6.54 Å². The number of aromatic nitrogens is 2. The maximum Gasteiger partial charge on any atom is 0.145 e. The van der Waals surface area contributed by atoms with Crippen molar-refractivity contribution in [3.8, 4) is 11.5 Å². The predicted octanol–water partition coefficient (Wildman–Crippen LogP) is 2.84. The van der Waals surface area contributed by atoms with Gasteiger partial charge in [-0.1, -0.05) is 0 Å². The maximum atomic E-state index is 5.37. The van der Waals surface area contributed by atoms with Gasteiger partial charge in [-0.2, -0.15) is 5.10 Å². The highest BCUT2D eigenvalue weighted by atomic mass is 16.5. The van der Waals surface area contributed by atoms with Gasteiger partial charge in [0.15, 0.2) is 0 Å². The molecule has 1 N–H and O–H groups in total. The molecule has 0 spiro atoms. The zero-order chi connectivity index (χ0) is 14.5. The minimum absolute atomic E-state index is 0.717. The van der Waals surface area contributed by atoms with Crippen LogP contribution in [0.4, 0.5) is 5.69 Å². The van der Waals surface area contributed by atoms with Crippen LogP contribution in [0.3, 0.4) is 0 Å². The zero-order valence-electron chi connectivity index (χ0n) is 12.4. The molecule has 2 aromatic rings. The Bertz CT molecular complexity index is 578. The van der Waals surface area contributed by atoms with Crippen LogP contribution in [0.1, 0.15) is 18.2 Å². The monoisotopic (exact) mass is 275 g/mol. The van der Waals surface area contributed by atoms with Gasteiger partial charge in [0.2, 0.25) is 0 Å². The van der Waals surface area contributed by atoms with E-state index in [1.165, 1.54) is 5.56 Å². The number of rotatable bonds is 6. The van der Waals surface area contributed by atoms with Crippen molar-refractivity contribution in [2.24, 2.45) is 0 Å². The summed E-state index contributed by atoms with van der Waals surface area (Å²) in [5, 5.41) is 7.81. The van der Waals surface area contributed by atoms with Crippen LogP contribution in [0.5, 0.6) is 11.5 Å². The lowest BCUT2D eigenvalue weighted by atomic mass is 10.2. The van der Waals surface area contributed by atoms with Crippen LogP contribution < -0.4 is 14.8 Å². The molecule has 108 valence electrons. The summed E-state index contributed by atoms with van der Waals surface area (Å²) in [4.78, 5) is 0. The molecule has 0 unspecified atom stereocenters. The Kier molecular flexibility index (Phi) is 4.50. The fourth-order valence-corrected chi connectivity index (χ4v) is 2.03. The minimum atomic E-state index is 0.717. The van der Waals surface area contributed by atoms with Gasteiger partial charge in [0.25, 0.3) is 0 Å². The van der Waals surface area contributed by atoms with Gasteiger partial charge in [-0.25, -0.2) is 0 Å². The van der Waals surface area contributed by atoms with Gasteiger partial charge in [0.1, 0.15) is 11.5 Å². The van der Waals surface area contributed by atoms with Crippen LogP contribution >= 0.6 is 0 Å². The molecule has 0 aliphatic heterocycles. The normalized spacial score (nSPS) is 10.4. The number of aryl methyl sites for hydroxylation is 2. The summed E-state index contributed by atoms with van der Waals surface area (Å²) in [6.07, 6.45) is 2.07. The van der Waals surface area contributed by atoms with Crippen molar-refractivity contribution >= 4 is 5.69 Å². The Morgan fingerprint density at radius 2 is 2.05 bits per heavy atom. The molecular formula is C15H21N3O2. The van der Waals surface area contributed by atoms with Crippen molar-refractivity contribution in [2.45, 2.75) is 26.9 Å². The Morgan fingerprint density at radius 1 is 1.25 bits per heavy atom. The molecule has 0 saturated carbocycles. The van der Waals surface area contributed by atoms with E-state index in [4.69, 9.17) is 9.47 Å². The Hall–Kier alpha value is -2.17. The van der Waals surface area contributed by atoms with E-state index in [0.717, 1.165) is 29.4 Å². The topological polar surface area (TPSA) is 48.3 Å². The molecule has 0 saturated heterocycles. The number of nitrogens with zero attached hydrogens (tertiary/aromatic N) is 2. The van der Waals surface area contributed by atoms with Crippen LogP contribution in [0.2, 0.25) is 0 Å². The van der Waals surface area contributed by atoms with Gasteiger partial charge in [-0.3, -0.25) is 4.68 Å². The van der Waals surface area contributed by atoms with Crippen LogP contribution in [-0.4, -0.2) is 24.0 Å². The van der Waals surface area contributed by atoms with Gasteiger partial charge < -0.3 is 14.8 Å². The molecule has 1 aromatic heterocycles. The summed E-state index contributed by atoms with van der Waals surface area (Å²) >= 11 is 0. The number of nitrogens with one attached hydrogen (secondary N) is 1. The lowest BCUT2D eigenvalue weighted by Crippen LogP contribution is -2.02. The van der Waals surface area contributed by atoms with Crippen LogP contribution in [0.15, 0.2) is 24.4 Å².